The molecule has 0 fully saturated rings. The maximum atomic E-state index is 11.2. The van der Waals surface area contributed by atoms with Gasteiger partial charge in [-0.1, -0.05) is 0 Å². The van der Waals surface area contributed by atoms with Gasteiger partial charge < -0.3 is 25.0 Å². The van der Waals surface area contributed by atoms with Gasteiger partial charge in [0.05, 0.1) is 19.8 Å². The van der Waals surface area contributed by atoms with E-state index in [0.29, 0.717) is 0 Å². The number of aromatic amines is 1. The Morgan fingerprint density at radius 1 is 1.41 bits per heavy atom. The maximum Gasteiger partial charge on any atom is 0.358 e. The number of hydrogen-bond donors (Lipinski definition) is 4. The SMILES string of the molecule is O=C(O)c1nc(CCOCCO)[nH]c(=O)c1O. The smallest absolute Gasteiger partial charge is 0.358 e. The Morgan fingerprint density at radius 3 is 2.71 bits per heavy atom. The number of rotatable bonds is 6. The van der Waals surface area contributed by atoms with Gasteiger partial charge >= 0.3 is 5.97 Å². The summed E-state index contributed by atoms with van der Waals surface area (Å²) in [6.07, 6.45) is 0.176. The number of ether oxygens (including phenoxy) is 1. The molecular formula is C9H12N2O6. The second-order valence-electron chi connectivity index (χ2n) is 3.10. The number of aromatic hydroxyl groups is 1. The third kappa shape index (κ3) is 3.54. The van der Waals surface area contributed by atoms with Crippen molar-refractivity contribution in [1.82, 2.24) is 9.97 Å². The number of carboxylic acids is 1. The second kappa shape index (κ2) is 5.97. The van der Waals surface area contributed by atoms with Gasteiger partial charge in [0.2, 0.25) is 5.75 Å². The molecule has 0 unspecified atom stereocenters. The first-order chi connectivity index (χ1) is 8.06. The van der Waals surface area contributed by atoms with Crippen LogP contribution in [0.1, 0.15) is 16.3 Å². The highest BCUT2D eigenvalue weighted by Gasteiger charge is 2.16. The van der Waals surface area contributed by atoms with E-state index < -0.39 is 23.0 Å². The summed E-state index contributed by atoms with van der Waals surface area (Å²) in [5.74, 6) is -2.30. The lowest BCUT2D eigenvalue weighted by molar-refractivity contribution is 0.0685. The molecule has 0 spiro atoms. The van der Waals surface area contributed by atoms with Crippen LogP contribution in [0.5, 0.6) is 5.75 Å². The molecule has 0 atom stereocenters. The monoisotopic (exact) mass is 244 g/mol. The van der Waals surface area contributed by atoms with E-state index in [1.807, 2.05) is 0 Å². The lowest BCUT2D eigenvalue weighted by atomic mass is 10.3. The lowest BCUT2D eigenvalue weighted by Crippen LogP contribution is -2.18. The first kappa shape index (κ1) is 13.1. The van der Waals surface area contributed by atoms with Crippen molar-refractivity contribution >= 4 is 5.97 Å². The van der Waals surface area contributed by atoms with E-state index in [4.69, 9.17) is 20.1 Å². The normalized spacial score (nSPS) is 10.4. The van der Waals surface area contributed by atoms with Gasteiger partial charge in [-0.2, -0.15) is 0 Å². The highest BCUT2D eigenvalue weighted by molar-refractivity contribution is 5.88. The van der Waals surface area contributed by atoms with Crippen LogP contribution in [-0.4, -0.2) is 51.1 Å². The Morgan fingerprint density at radius 2 is 2.12 bits per heavy atom. The standard InChI is InChI=1S/C9H12N2O6/c12-2-4-17-3-1-5-10-6(9(15)16)7(13)8(14)11-5/h12-13H,1-4H2,(H,15,16)(H,10,11,14). The molecule has 0 bridgehead atoms. The number of carboxylic acid groups (broad SMARTS) is 1. The zero-order chi connectivity index (χ0) is 12.8. The Bertz CT molecular complexity index is 455. The molecular weight excluding hydrogens is 232 g/mol. The van der Waals surface area contributed by atoms with Gasteiger partial charge in [-0.05, 0) is 0 Å². The van der Waals surface area contributed by atoms with Crippen molar-refractivity contribution in [3.05, 3.63) is 21.9 Å². The van der Waals surface area contributed by atoms with E-state index >= 15 is 0 Å². The lowest BCUT2D eigenvalue weighted by Gasteiger charge is -2.04. The number of H-pyrrole nitrogens is 1. The van der Waals surface area contributed by atoms with Crippen molar-refractivity contribution in [2.24, 2.45) is 0 Å². The highest BCUT2D eigenvalue weighted by atomic mass is 16.5. The van der Waals surface area contributed by atoms with E-state index in [2.05, 4.69) is 9.97 Å². The number of aliphatic hydroxyl groups is 1. The summed E-state index contributed by atoms with van der Waals surface area (Å²) in [5.41, 5.74) is -1.60. The molecule has 0 amide bonds. The molecule has 4 N–H and O–H groups in total. The number of aromatic carboxylic acids is 1. The molecule has 1 heterocycles. The second-order valence-corrected chi connectivity index (χ2v) is 3.10. The van der Waals surface area contributed by atoms with Gasteiger partial charge in [0, 0.05) is 6.42 Å². The Labute approximate surface area is 95.5 Å². The van der Waals surface area contributed by atoms with Gasteiger partial charge in [-0.25, -0.2) is 9.78 Å². The minimum absolute atomic E-state index is 0.100. The summed E-state index contributed by atoms with van der Waals surface area (Å²) in [6, 6.07) is 0. The summed E-state index contributed by atoms with van der Waals surface area (Å²) < 4.78 is 4.94. The average Bonchev–Trinajstić information content (AvgIpc) is 2.28. The van der Waals surface area contributed by atoms with Crippen molar-refractivity contribution in [3.63, 3.8) is 0 Å². The van der Waals surface area contributed by atoms with Crippen molar-refractivity contribution in [1.29, 1.82) is 0 Å². The summed E-state index contributed by atoms with van der Waals surface area (Å²) in [4.78, 5) is 27.6. The summed E-state index contributed by atoms with van der Waals surface area (Å²) in [6.45, 7) is 0.196. The number of hydrogen-bond acceptors (Lipinski definition) is 6. The third-order valence-electron chi connectivity index (χ3n) is 1.87. The number of aliphatic hydroxyl groups excluding tert-OH is 1. The first-order valence-corrected chi connectivity index (χ1v) is 4.80. The molecule has 0 saturated heterocycles. The molecule has 8 nitrogen and oxygen atoms in total. The topological polar surface area (TPSA) is 133 Å². The number of aromatic nitrogens is 2. The van der Waals surface area contributed by atoms with Gasteiger partial charge in [0.15, 0.2) is 5.69 Å². The van der Waals surface area contributed by atoms with Crippen LogP contribution in [0.15, 0.2) is 4.79 Å². The van der Waals surface area contributed by atoms with Crippen molar-refractivity contribution in [3.8, 4) is 5.75 Å². The third-order valence-corrected chi connectivity index (χ3v) is 1.87. The molecule has 1 rings (SSSR count). The Hall–Kier alpha value is -1.93. The Kier molecular flexibility index (Phi) is 4.61. The van der Waals surface area contributed by atoms with Crippen LogP contribution >= 0.6 is 0 Å². The van der Waals surface area contributed by atoms with Gasteiger partial charge in [0.25, 0.3) is 5.56 Å². The quantitative estimate of drug-likeness (QED) is 0.458. The zero-order valence-corrected chi connectivity index (χ0v) is 8.84. The van der Waals surface area contributed by atoms with Crippen LogP contribution in [0.4, 0.5) is 0 Å². The van der Waals surface area contributed by atoms with Crippen LogP contribution in [0.2, 0.25) is 0 Å². The van der Waals surface area contributed by atoms with Gasteiger partial charge in [0.1, 0.15) is 5.82 Å². The molecule has 0 aliphatic rings. The average molecular weight is 244 g/mol. The summed E-state index contributed by atoms with van der Waals surface area (Å²) in [7, 11) is 0. The molecule has 0 saturated carbocycles. The van der Waals surface area contributed by atoms with Crippen LogP contribution in [0, 0.1) is 0 Å². The van der Waals surface area contributed by atoms with Crippen molar-refractivity contribution in [2.45, 2.75) is 6.42 Å². The highest BCUT2D eigenvalue weighted by Crippen LogP contribution is 2.07. The van der Waals surface area contributed by atoms with Gasteiger partial charge in [-0.3, -0.25) is 4.79 Å². The number of nitrogens with one attached hydrogen (secondary N) is 1. The predicted molar refractivity (Wildman–Crippen MR) is 55.1 cm³/mol. The Balaban J connectivity index is 2.80. The fraction of sp³-hybridized carbons (Fsp3) is 0.444. The minimum Gasteiger partial charge on any atom is -0.501 e. The first-order valence-electron chi connectivity index (χ1n) is 4.80. The zero-order valence-electron chi connectivity index (χ0n) is 8.84. The fourth-order valence-electron chi connectivity index (χ4n) is 1.12. The van der Waals surface area contributed by atoms with E-state index in [0.717, 1.165) is 0 Å². The molecule has 8 heteroatoms. The largest absolute Gasteiger partial charge is 0.501 e. The van der Waals surface area contributed by atoms with Crippen LogP contribution in [-0.2, 0) is 11.2 Å². The molecule has 0 aliphatic carbocycles. The number of carbonyl (C=O) groups is 1. The van der Waals surface area contributed by atoms with E-state index in [1.54, 1.807) is 0 Å². The van der Waals surface area contributed by atoms with Crippen LogP contribution in [0.25, 0.3) is 0 Å². The maximum absolute atomic E-state index is 11.2. The molecule has 0 aliphatic heterocycles. The molecule has 0 radical (unpaired) electrons. The van der Waals surface area contributed by atoms with Crippen LogP contribution < -0.4 is 5.56 Å². The fourth-order valence-corrected chi connectivity index (χ4v) is 1.12. The van der Waals surface area contributed by atoms with E-state index in [1.165, 1.54) is 0 Å². The van der Waals surface area contributed by atoms with Crippen molar-refractivity contribution in [2.75, 3.05) is 19.8 Å². The van der Waals surface area contributed by atoms with E-state index in [-0.39, 0.29) is 32.1 Å². The number of nitrogens with zero attached hydrogens (tertiary/aromatic N) is 1. The molecule has 94 valence electrons. The summed E-state index contributed by atoms with van der Waals surface area (Å²) in [5, 5.41) is 26.3. The minimum atomic E-state index is -1.48. The molecule has 0 aromatic carbocycles. The summed E-state index contributed by atoms with van der Waals surface area (Å²) >= 11 is 0. The van der Waals surface area contributed by atoms with E-state index in [9.17, 15) is 9.59 Å². The van der Waals surface area contributed by atoms with Crippen molar-refractivity contribution < 1.29 is 24.9 Å². The molecule has 1 aromatic heterocycles. The molecule has 17 heavy (non-hydrogen) atoms. The van der Waals surface area contributed by atoms with Gasteiger partial charge in [-0.15, -0.1) is 0 Å². The van der Waals surface area contributed by atoms with Crippen LogP contribution in [0.3, 0.4) is 0 Å². The molecule has 1 aromatic rings. The predicted octanol–water partition coefficient (Wildman–Crippen LogP) is -1.27.